The highest BCUT2D eigenvalue weighted by Gasteiger charge is 2.53. The smallest absolute Gasteiger partial charge is 0.0619 e. The Morgan fingerprint density at radius 3 is 1.64 bits per heavy atom. The van der Waals surface area contributed by atoms with Crippen molar-refractivity contribution < 1.29 is 0 Å². The van der Waals surface area contributed by atoms with Crippen molar-refractivity contribution in [3.05, 3.63) is 204 Å². The van der Waals surface area contributed by atoms with E-state index < -0.39 is 5.41 Å². The van der Waals surface area contributed by atoms with Gasteiger partial charge in [-0.15, -0.1) is 0 Å². The van der Waals surface area contributed by atoms with Crippen LogP contribution in [-0.2, 0) is 5.41 Å². The van der Waals surface area contributed by atoms with E-state index in [9.17, 15) is 0 Å². The third-order valence-electron chi connectivity index (χ3n) is 12.8. The van der Waals surface area contributed by atoms with Gasteiger partial charge >= 0.3 is 0 Å². The average Bonchev–Trinajstić information content (AvgIpc) is 3.69. The molecule has 0 heteroatoms. The highest BCUT2D eigenvalue weighted by Crippen LogP contribution is 2.66. The SMILES string of the molecule is c1ccc2c(c1)-c1ccccc1C21c2cc3ccccc3cc2-c2c1c1ccc(-c3ccc4ccc5cccc6ccc3c4c56)cc1c1ccccc21. The fourth-order valence-corrected chi connectivity index (χ4v) is 10.7. The molecular formula is C53H30. The van der Waals surface area contributed by atoms with Gasteiger partial charge in [0.25, 0.3) is 0 Å². The van der Waals surface area contributed by atoms with Crippen LogP contribution in [0.15, 0.2) is 182 Å². The van der Waals surface area contributed by atoms with Gasteiger partial charge in [0.15, 0.2) is 0 Å². The average molecular weight is 667 g/mol. The third kappa shape index (κ3) is 3.34. The Morgan fingerprint density at radius 1 is 0.283 bits per heavy atom. The first-order valence-corrected chi connectivity index (χ1v) is 18.7. The zero-order valence-corrected chi connectivity index (χ0v) is 28.8. The van der Waals surface area contributed by atoms with E-state index in [0.717, 1.165) is 0 Å². The third-order valence-corrected chi connectivity index (χ3v) is 12.8. The Kier molecular flexibility index (Phi) is 5.14. The first kappa shape index (κ1) is 27.9. The molecule has 0 saturated heterocycles. The number of rotatable bonds is 1. The molecule has 0 fully saturated rings. The molecule has 11 aromatic carbocycles. The number of hydrogen-bond donors (Lipinski definition) is 0. The molecule has 13 rings (SSSR count). The molecule has 0 heterocycles. The molecule has 0 nitrogen and oxygen atoms in total. The summed E-state index contributed by atoms with van der Waals surface area (Å²) < 4.78 is 0. The van der Waals surface area contributed by atoms with Crippen molar-refractivity contribution in [2.45, 2.75) is 5.41 Å². The monoisotopic (exact) mass is 666 g/mol. The van der Waals surface area contributed by atoms with Crippen molar-refractivity contribution in [1.29, 1.82) is 0 Å². The van der Waals surface area contributed by atoms with Crippen LogP contribution in [0.2, 0.25) is 0 Å². The molecule has 0 aromatic heterocycles. The lowest BCUT2D eigenvalue weighted by Gasteiger charge is -2.32. The van der Waals surface area contributed by atoms with Gasteiger partial charge in [0.2, 0.25) is 0 Å². The topological polar surface area (TPSA) is 0 Å². The molecule has 242 valence electrons. The van der Waals surface area contributed by atoms with E-state index in [1.807, 2.05) is 0 Å². The molecule has 0 atom stereocenters. The maximum absolute atomic E-state index is 2.50. The van der Waals surface area contributed by atoms with E-state index in [-0.39, 0.29) is 0 Å². The maximum atomic E-state index is 2.50. The van der Waals surface area contributed by atoms with Crippen LogP contribution in [0.3, 0.4) is 0 Å². The molecule has 0 N–H and O–H groups in total. The molecule has 1 spiro atoms. The summed E-state index contributed by atoms with van der Waals surface area (Å²) in [5, 5.41) is 15.7. The van der Waals surface area contributed by atoms with Crippen LogP contribution in [0, 0.1) is 0 Å². The van der Waals surface area contributed by atoms with E-state index in [4.69, 9.17) is 0 Å². The van der Waals surface area contributed by atoms with Crippen LogP contribution in [0.5, 0.6) is 0 Å². The van der Waals surface area contributed by atoms with Crippen LogP contribution in [0.1, 0.15) is 22.3 Å². The van der Waals surface area contributed by atoms with Crippen molar-refractivity contribution >= 4 is 64.6 Å². The normalized spacial score (nSPS) is 13.8. The second kappa shape index (κ2) is 9.76. The summed E-state index contributed by atoms with van der Waals surface area (Å²) in [4.78, 5) is 0. The van der Waals surface area contributed by atoms with Gasteiger partial charge in [0.05, 0.1) is 5.41 Å². The first-order chi connectivity index (χ1) is 26.3. The summed E-state index contributed by atoms with van der Waals surface area (Å²) in [5.74, 6) is 0. The minimum atomic E-state index is -0.446. The summed E-state index contributed by atoms with van der Waals surface area (Å²) in [7, 11) is 0. The molecule has 0 radical (unpaired) electrons. The largest absolute Gasteiger partial charge is 0.0731 e. The summed E-state index contributed by atoms with van der Waals surface area (Å²) in [6, 6.07) is 69.1. The molecule has 0 aliphatic heterocycles. The van der Waals surface area contributed by atoms with Gasteiger partial charge in [-0.3, -0.25) is 0 Å². The lowest BCUT2D eigenvalue weighted by molar-refractivity contribution is 0.803. The van der Waals surface area contributed by atoms with Gasteiger partial charge in [-0.05, 0) is 138 Å². The second-order valence-corrected chi connectivity index (χ2v) is 15.1. The number of hydrogen-bond acceptors (Lipinski definition) is 0. The number of fused-ring (bicyclic) bond motifs is 16. The van der Waals surface area contributed by atoms with Gasteiger partial charge < -0.3 is 0 Å². The zero-order valence-electron chi connectivity index (χ0n) is 28.8. The zero-order chi connectivity index (χ0) is 34.4. The Morgan fingerprint density at radius 2 is 0.868 bits per heavy atom. The fourth-order valence-electron chi connectivity index (χ4n) is 10.7. The van der Waals surface area contributed by atoms with E-state index in [2.05, 4.69) is 182 Å². The second-order valence-electron chi connectivity index (χ2n) is 15.1. The van der Waals surface area contributed by atoms with Gasteiger partial charge in [0.1, 0.15) is 0 Å². The van der Waals surface area contributed by atoms with E-state index in [1.165, 1.54) is 120 Å². The molecule has 0 unspecified atom stereocenters. The van der Waals surface area contributed by atoms with Crippen molar-refractivity contribution in [3.63, 3.8) is 0 Å². The Balaban J connectivity index is 1.19. The Labute approximate surface area is 306 Å². The molecule has 2 aliphatic carbocycles. The molecule has 53 heavy (non-hydrogen) atoms. The highest BCUT2D eigenvalue weighted by atomic mass is 14.5. The van der Waals surface area contributed by atoms with E-state index in [0.29, 0.717) is 0 Å². The molecule has 0 bridgehead atoms. The fraction of sp³-hybridized carbons (Fsp3) is 0.0189. The molecule has 11 aromatic rings. The summed E-state index contributed by atoms with van der Waals surface area (Å²) in [6.07, 6.45) is 0. The van der Waals surface area contributed by atoms with Crippen LogP contribution in [-0.4, -0.2) is 0 Å². The maximum Gasteiger partial charge on any atom is 0.0731 e. The lowest BCUT2D eigenvalue weighted by atomic mass is 9.69. The highest BCUT2D eigenvalue weighted by molar-refractivity contribution is 6.26. The lowest BCUT2D eigenvalue weighted by Crippen LogP contribution is -2.26. The molecular weight excluding hydrogens is 637 g/mol. The van der Waals surface area contributed by atoms with Gasteiger partial charge in [-0.25, -0.2) is 0 Å². The van der Waals surface area contributed by atoms with Crippen molar-refractivity contribution in [2.75, 3.05) is 0 Å². The predicted octanol–water partition coefficient (Wildman–Crippen LogP) is 14.1. The van der Waals surface area contributed by atoms with Crippen LogP contribution < -0.4 is 0 Å². The predicted molar refractivity (Wildman–Crippen MR) is 224 cm³/mol. The minimum Gasteiger partial charge on any atom is -0.0619 e. The standard InChI is InChI=1S/C53H30/c1-2-11-35-30-48-45(28-34(35)10-1)51-41-17-4-3-14-38(41)44-29-36(37-25-22-33-21-20-31-12-9-13-32-23-26-42(37)50(33)49(31)32)24-27-43(44)52(51)53(48)46-18-7-5-15-39(46)40-16-6-8-19-47(40)53/h1-30H. The number of benzene rings is 11. The van der Waals surface area contributed by atoms with Gasteiger partial charge in [0, 0.05) is 0 Å². The van der Waals surface area contributed by atoms with Crippen molar-refractivity contribution in [1.82, 2.24) is 0 Å². The molecule has 2 aliphatic rings. The summed E-state index contributed by atoms with van der Waals surface area (Å²) >= 11 is 0. The van der Waals surface area contributed by atoms with Crippen LogP contribution in [0.4, 0.5) is 0 Å². The summed E-state index contributed by atoms with van der Waals surface area (Å²) in [5.41, 5.74) is 13.0. The summed E-state index contributed by atoms with van der Waals surface area (Å²) in [6.45, 7) is 0. The molecule has 0 saturated carbocycles. The Hall–Kier alpha value is -6.76. The Bertz CT molecular complexity index is 3340. The van der Waals surface area contributed by atoms with Gasteiger partial charge in [-0.2, -0.15) is 0 Å². The van der Waals surface area contributed by atoms with Crippen molar-refractivity contribution in [2.24, 2.45) is 0 Å². The van der Waals surface area contributed by atoms with Crippen LogP contribution in [0.25, 0.3) is 98.0 Å². The van der Waals surface area contributed by atoms with E-state index >= 15 is 0 Å². The van der Waals surface area contributed by atoms with Gasteiger partial charge in [-0.1, -0.05) is 164 Å². The molecule has 0 amide bonds. The first-order valence-electron chi connectivity index (χ1n) is 18.7. The van der Waals surface area contributed by atoms with E-state index in [1.54, 1.807) is 0 Å². The quantitative estimate of drug-likeness (QED) is 0.153. The van der Waals surface area contributed by atoms with Crippen molar-refractivity contribution in [3.8, 4) is 33.4 Å². The minimum absolute atomic E-state index is 0.446. The van der Waals surface area contributed by atoms with Crippen LogP contribution >= 0.6 is 0 Å².